The van der Waals surface area contributed by atoms with E-state index in [4.69, 9.17) is 4.74 Å². The number of hydrogen-bond acceptors (Lipinski definition) is 3. The largest absolute Gasteiger partial charge is 0.414 e. The van der Waals surface area contributed by atoms with E-state index in [2.05, 4.69) is 4.84 Å². The number of halogens is 3. The summed E-state index contributed by atoms with van der Waals surface area (Å²) in [4.78, 5) is 15.4. The lowest BCUT2D eigenvalue weighted by atomic mass is 10.0. The van der Waals surface area contributed by atoms with Crippen molar-refractivity contribution in [1.29, 1.82) is 0 Å². The number of carbonyl (C=O) groups excluding carboxylic acids is 1. The molecular weight excluding hydrogens is 215 g/mol. The molecule has 0 aliphatic carbocycles. The highest BCUT2D eigenvalue weighted by Gasteiger charge is 2.38. The molecule has 0 spiro atoms. The molecule has 0 aromatic heterocycles. The molecule has 7 heteroatoms. The Bertz CT molecular complexity index is 236. The van der Waals surface area contributed by atoms with Gasteiger partial charge in [-0.2, -0.15) is 13.2 Å². The van der Waals surface area contributed by atoms with Crippen LogP contribution in [0.1, 0.15) is 19.8 Å². The Hall–Kier alpha value is -0.820. The van der Waals surface area contributed by atoms with E-state index in [1.54, 1.807) is 5.48 Å². The lowest BCUT2D eigenvalue weighted by molar-refractivity contribution is -0.196. The average Bonchev–Trinajstić information content (AvgIpc) is 2.51. The van der Waals surface area contributed by atoms with Gasteiger partial charge in [0.25, 0.3) is 5.91 Å². The van der Waals surface area contributed by atoms with Gasteiger partial charge in [-0.1, -0.05) is 0 Å². The van der Waals surface area contributed by atoms with Gasteiger partial charge >= 0.3 is 6.18 Å². The smallest absolute Gasteiger partial charge is 0.365 e. The molecule has 1 heterocycles. The van der Waals surface area contributed by atoms with Crippen molar-refractivity contribution in [2.45, 2.75) is 31.5 Å². The van der Waals surface area contributed by atoms with Gasteiger partial charge in [0.2, 0.25) is 0 Å². The molecular formula is C8H12F3NO3. The molecule has 1 N–H and O–H groups in total. The summed E-state index contributed by atoms with van der Waals surface area (Å²) < 4.78 is 40.1. The molecule has 0 radical (unpaired) electrons. The van der Waals surface area contributed by atoms with Crippen molar-refractivity contribution in [1.82, 2.24) is 5.48 Å². The molecule has 1 atom stereocenters. The van der Waals surface area contributed by atoms with Gasteiger partial charge in [-0.15, -0.1) is 0 Å². The summed E-state index contributed by atoms with van der Waals surface area (Å²) in [6.45, 7) is 0.449. The van der Waals surface area contributed by atoms with E-state index in [-0.39, 0.29) is 0 Å². The Morgan fingerprint density at radius 2 is 2.27 bits per heavy atom. The van der Waals surface area contributed by atoms with Crippen LogP contribution in [0.2, 0.25) is 0 Å². The Kier molecular flexibility index (Phi) is 3.56. The van der Waals surface area contributed by atoms with Crippen LogP contribution in [0.3, 0.4) is 0 Å². The number of alkyl halides is 3. The molecule has 88 valence electrons. The number of hydrogen-bond donors (Lipinski definition) is 1. The first-order chi connectivity index (χ1) is 6.83. The summed E-state index contributed by atoms with van der Waals surface area (Å²) in [5, 5.41) is 0. The van der Waals surface area contributed by atoms with Gasteiger partial charge in [-0.3, -0.25) is 9.63 Å². The predicted octanol–water partition coefficient (Wildman–Crippen LogP) is 1.17. The van der Waals surface area contributed by atoms with Crippen LogP contribution >= 0.6 is 0 Å². The molecule has 0 aromatic carbocycles. The lowest BCUT2D eigenvalue weighted by Crippen LogP contribution is -2.44. The fourth-order valence-electron chi connectivity index (χ4n) is 1.25. The van der Waals surface area contributed by atoms with Crippen LogP contribution in [0.5, 0.6) is 0 Å². The maximum absolute atomic E-state index is 11.7. The van der Waals surface area contributed by atoms with Crippen molar-refractivity contribution in [3.63, 3.8) is 0 Å². The molecule has 0 saturated carbocycles. The van der Waals surface area contributed by atoms with Crippen molar-refractivity contribution in [3.05, 3.63) is 0 Å². The Labute approximate surface area is 84.7 Å². The van der Waals surface area contributed by atoms with Crippen LogP contribution in [0, 0.1) is 0 Å². The van der Waals surface area contributed by atoms with Crippen LogP contribution < -0.4 is 5.48 Å². The van der Waals surface area contributed by atoms with E-state index in [1.165, 1.54) is 6.92 Å². The van der Waals surface area contributed by atoms with Crippen LogP contribution in [-0.4, -0.2) is 30.9 Å². The molecule has 1 aliphatic heterocycles. The molecule has 0 bridgehead atoms. The van der Waals surface area contributed by atoms with Gasteiger partial charge < -0.3 is 4.74 Å². The summed E-state index contributed by atoms with van der Waals surface area (Å²) in [6.07, 6.45) is -3.26. The zero-order valence-electron chi connectivity index (χ0n) is 8.19. The molecule has 1 rings (SSSR count). The summed E-state index contributed by atoms with van der Waals surface area (Å²) in [5.74, 6) is -0.677. The van der Waals surface area contributed by atoms with Gasteiger partial charge in [-0.05, 0) is 19.8 Å². The van der Waals surface area contributed by atoms with Crippen molar-refractivity contribution in [3.8, 4) is 0 Å². The molecule has 1 amide bonds. The van der Waals surface area contributed by atoms with Gasteiger partial charge in [0.05, 0.1) is 0 Å². The number of nitrogens with one attached hydrogen (secondary N) is 1. The summed E-state index contributed by atoms with van der Waals surface area (Å²) in [7, 11) is 0. The first-order valence-corrected chi connectivity index (χ1v) is 4.46. The summed E-state index contributed by atoms with van der Waals surface area (Å²) in [5.41, 5.74) is 0.674. The minimum absolute atomic E-state index is 0.434. The van der Waals surface area contributed by atoms with Crippen molar-refractivity contribution >= 4 is 5.91 Å². The Balaban J connectivity index is 2.30. The van der Waals surface area contributed by atoms with Gasteiger partial charge in [0, 0.05) is 6.61 Å². The fourth-order valence-corrected chi connectivity index (χ4v) is 1.25. The number of rotatable bonds is 3. The monoisotopic (exact) mass is 227 g/mol. The van der Waals surface area contributed by atoms with Crippen LogP contribution in [0.4, 0.5) is 13.2 Å². The van der Waals surface area contributed by atoms with Crippen molar-refractivity contribution in [2.75, 3.05) is 13.2 Å². The zero-order valence-corrected chi connectivity index (χ0v) is 8.19. The highest BCUT2D eigenvalue weighted by Crippen LogP contribution is 2.25. The van der Waals surface area contributed by atoms with E-state index in [9.17, 15) is 18.0 Å². The molecule has 1 unspecified atom stereocenters. The molecule has 1 aliphatic rings. The highest BCUT2D eigenvalue weighted by atomic mass is 19.4. The first kappa shape index (κ1) is 12.3. The molecule has 0 aromatic rings. The van der Waals surface area contributed by atoms with Gasteiger partial charge in [0.15, 0.2) is 6.61 Å². The molecule has 1 saturated heterocycles. The first-order valence-electron chi connectivity index (χ1n) is 4.46. The Morgan fingerprint density at radius 3 is 2.73 bits per heavy atom. The Morgan fingerprint density at radius 1 is 1.60 bits per heavy atom. The normalized spacial score (nSPS) is 26.7. The van der Waals surface area contributed by atoms with Gasteiger partial charge in [-0.25, -0.2) is 5.48 Å². The quantitative estimate of drug-likeness (QED) is 0.736. The lowest BCUT2D eigenvalue weighted by Gasteiger charge is -2.21. The minimum atomic E-state index is -4.45. The standard InChI is InChI=1S/C8H12F3NO3/c1-7(3-2-4-14-7)6(13)12-15-5-8(9,10)11/h2-5H2,1H3,(H,12,13). The third kappa shape index (κ3) is 3.67. The fraction of sp³-hybridized carbons (Fsp3) is 0.875. The topological polar surface area (TPSA) is 47.6 Å². The number of carbonyl (C=O) groups is 1. The SMILES string of the molecule is CC1(C(=O)NOCC(F)(F)F)CCCO1. The summed E-state index contributed by atoms with van der Waals surface area (Å²) in [6, 6.07) is 0. The third-order valence-corrected chi connectivity index (χ3v) is 2.10. The average molecular weight is 227 g/mol. The maximum Gasteiger partial charge on any atom is 0.414 e. The summed E-state index contributed by atoms with van der Waals surface area (Å²) >= 11 is 0. The van der Waals surface area contributed by atoms with E-state index < -0.39 is 24.3 Å². The second kappa shape index (κ2) is 4.36. The van der Waals surface area contributed by atoms with Crippen molar-refractivity contribution < 1.29 is 27.5 Å². The highest BCUT2D eigenvalue weighted by molar-refractivity contribution is 5.84. The number of ether oxygens (including phenoxy) is 1. The van der Waals surface area contributed by atoms with Crippen LogP contribution in [0.15, 0.2) is 0 Å². The number of hydroxylamine groups is 1. The van der Waals surface area contributed by atoms with Crippen molar-refractivity contribution in [2.24, 2.45) is 0 Å². The third-order valence-electron chi connectivity index (χ3n) is 2.10. The molecule has 4 nitrogen and oxygen atoms in total. The second-order valence-corrected chi connectivity index (χ2v) is 3.52. The van der Waals surface area contributed by atoms with Gasteiger partial charge in [0.1, 0.15) is 5.60 Å². The number of amides is 1. The molecule has 15 heavy (non-hydrogen) atoms. The molecule has 1 fully saturated rings. The van der Waals surface area contributed by atoms with Crippen LogP contribution in [-0.2, 0) is 14.4 Å². The minimum Gasteiger partial charge on any atom is -0.365 e. The predicted molar refractivity (Wildman–Crippen MR) is 43.7 cm³/mol. The zero-order chi connectivity index (χ0) is 11.5. The second-order valence-electron chi connectivity index (χ2n) is 3.52. The van der Waals surface area contributed by atoms with E-state index in [0.717, 1.165) is 0 Å². The van der Waals surface area contributed by atoms with Crippen LogP contribution in [0.25, 0.3) is 0 Å². The maximum atomic E-state index is 11.7. The van der Waals surface area contributed by atoms with E-state index in [1.807, 2.05) is 0 Å². The van der Waals surface area contributed by atoms with E-state index >= 15 is 0 Å². The van der Waals surface area contributed by atoms with E-state index in [0.29, 0.717) is 19.4 Å².